The molecule has 1 aliphatic rings. The number of hydrogen-bond acceptors (Lipinski definition) is 6. The highest BCUT2D eigenvalue weighted by molar-refractivity contribution is 6.30. The molecule has 3 aromatic rings. The molecule has 0 spiro atoms. The van der Waals surface area contributed by atoms with Crippen LogP contribution in [0.4, 0.5) is 18.9 Å². The normalized spacial score (nSPS) is 18.1. The smallest absolute Gasteiger partial charge is 0.406 e. The average Bonchev–Trinajstić information content (AvgIpc) is 3.23. The number of nitrogens with zero attached hydrogens (tertiary/aromatic N) is 2. The topological polar surface area (TPSA) is 110 Å². The van der Waals surface area contributed by atoms with E-state index < -0.39 is 47.5 Å². The van der Waals surface area contributed by atoms with Gasteiger partial charge >= 0.3 is 6.36 Å². The summed E-state index contributed by atoms with van der Waals surface area (Å²) in [5.41, 5.74) is 0.187. The number of rotatable bonds is 9. The summed E-state index contributed by atoms with van der Waals surface area (Å²) in [6, 6.07) is 12.2. The van der Waals surface area contributed by atoms with Gasteiger partial charge < -0.3 is 29.4 Å². The van der Waals surface area contributed by atoms with Gasteiger partial charge in [0.25, 0.3) is 11.5 Å². The standard InChI is InChI=1S/C27H25ClF3N3O6/c1-39-15-19(14-35)33-12-2-3-22(25(33)37)34-13-21(16-4-8-18(28)9-5-16)23(26(34)38)32-24(36)17-6-10-20(11-7-17)40-27(29,30)31/h2-12,19,21,23,35H,13-15H2,1H3,(H,32,36)/t19?,21-,23-/m0/s1. The summed E-state index contributed by atoms with van der Waals surface area (Å²) >= 11 is 6.03. The van der Waals surface area contributed by atoms with Gasteiger partial charge in [0.2, 0.25) is 5.91 Å². The number of aliphatic hydroxyl groups excluding tert-OH is 1. The van der Waals surface area contributed by atoms with Crippen molar-refractivity contribution in [1.82, 2.24) is 9.88 Å². The number of pyridine rings is 1. The Morgan fingerprint density at radius 1 is 1.12 bits per heavy atom. The lowest BCUT2D eigenvalue weighted by atomic mass is 9.94. The lowest BCUT2D eigenvalue weighted by Gasteiger charge is -2.21. The van der Waals surface area contributed by atoms with Crippen molar-refractivity contribution in [2.24, 2.45) is 0 Å². The number of benzene rings is 2. The monoisotopic (exact) mass is 579 g/mol. The van der Waals surface area contributed by atoms with Crippen molar-refractivity contribution in [3.63, 3.8) is 0 Å². The van der Waals surface area contributed by atoms with Crippen LogP contribution in [0.5, 0.6) is 5.75 Å². The highest BCUT2D eigenvalue weighted by Gasteiger charge is 2.44. The predicted molar refractivity (Wildman–Crippen MR) is 140 cm³/mol. The molecule has 0 bridgehead atoms. The van der Waals surface area contributed by atoms with Crippen molar-refractivity contribution < 1.29 is 37.3 Å². The number of aromatic nitrogens is 1. The molecule has 1 fully saturated rings. The van der Waals surface area contributed by atoms with E-state index in [9.17, 15) is 32.7 Å². The van der Waals surface area contributed by atoms with Crippen molar-refractivity contribution >= 4 is 29.1 Å². The molecule has 1 saturated heterocycles. The van der Waals surface area contributed by atoms with Crippen LogP contribution < -0.4 is 20.5 Å². The minimum absolute atomic E-state index is 0.00282. The Labute approximate surface area is 231 Å². The summed E-state index contributed by atoms with van der Waals surface area (Å²) in [5, 5.41) is 12.9. The van der Waals surface area contributed by atoms with Crippen LogP contribution in [0, 0.1) is 0 Å². The van der Waals surface area contributed by atoms with E-state index in [1.165, 1.54) is 28.8 Å². The van der Waals surface area contributed by atoms with Crippen molar-refractivity contribution in [2.45, 2.75) is 24.4 Å². The third-order valence-corrected chi connectivity index (χ3v) is 6.71. The van der Waals surface area contributed by atoms with E-state index in [-0.39, 0.29) is 31.0 Å². The highest BCUT2D eigenvalue weighted by atomic mass is 35.5. The third-order valence-electron chi connectivity index (χ3n) is 6.46. The number of halogens is 4. The molecule has 3 atom stereocenters. The molecule has 212 valence electrons. The molecule has 40 heavy (non-hydrogen) atoms. The average molecular weight is 580 g/mol. The number of anilines is 1. The van der Waals surface area contributed by atoms with E-state index in [2.05, 4.69) is 10.1 Å². The zero-order valence-corrected chi connectivity index (χ0v) is 21.9. The molecule has 1 aromatic heterocycles. The SMILES string of the molecule is COCC(CO)n1cccc(N2C[C@@H](c3ccc(Cl)cc3)[C@H](NC(=O)c3ccc(OC(F)(F)F)cc3)C2=O)c1=O. The predicted octanol–water partition coefficient (Wildman–Crippen LogP) is 3.51. The Hall–Kier alpha value is -3.87. The van der Waals surface area contributed by atoms with Gasteiger partial charge in [-0.25, -0.2) is 0 Å². The van der Waals surface area contributed by atoms with E-state index in [1.54, 1.807) is 30.3 Å². The van der Waals surface area contributed by atoms with Gasteiger partial charge in [-0.1, -0.05) is 23.7 Å². The molecular weight excluding hydrogens is 555 g/mol. The number of hydrogen-bond donors (Lipinski definition) is 2. The van der Waals surface area contributed by atoms with Crippen LogP contribution in [0.25, 0.3) is 0 Å². The number of methoxy groups -OCH3 is 1. The summed E-state index contributed by atoms with van der Waals surface area (Å²) in [7, 11) is 1.43. The first-order valence-electron chi connectivity index (χ1n) is 12.1. The summed E-state index contributed by atoms with van der Waals surface area (Å²) in [6.45, 7) is -0.270. The zero-order chi connectivity index (χ0) is 29.0. The number of carbonyl (C=O) groups is 2. The van der Waals surface area contributed by atoms with Gasteiger partial charge in [-0.05, 0) is 54.1 Å². The maximum Gasteiger partial charge on any atom is 0.573 e. The maximum absolute atomic E-state index is 13.7. The number of ether oxygens (including phenoxy) is 2. The summed E-state index contributed by atoms with van der Waals surface area (Å²) in [4.78, 5) is 41.4. The molecule has 0 saturated carbocycles. The molecule has 2 heterocycles. The lowest BCUT2D eigenvalue weighted by Crippen LogP contribution is -2.44. The summed E-state index contributed by atoms with van der Waals surface area (Å²) in [6.07, 6.45) is -3.40. The molecule has 0 aliphatic carbocycles. The molecule has 9 nitrogen and oxygen atoms in total. The van der Waals surface area contributed by atoms with Crippen LogP contribution >= 0.6 is 11.6 Å². The number of alkyl halides is 3. The van der Waals surface area contributed by atoms with Crippen LogP contribution in [0.2, 0.25) is 5.02 Å². The number of aliphatic hydroxyl groups is 1. The van der Waals surface area contributed by atoms with E-state index in [1.807, 2.05) is 0 Å². The van der Waals surface area contributed by atoms with Crippen molar-refractivity contribution in [3.8, 4) is 5.75 Å². The van der Waals surface area contributed by atoms with Crippen LogP contribution in [-0.4, -0.2) is 60.8 Å². The minimum atomic E-state index is -4.88. The van der Waals surface area contributed by atoms with Crippen LogP contribution in [0.15, 0.2) is 71.7 Å². The Bertz CT molecular complexity index is 1410. The quantitative estimate of drug-likeness (QED) is 0.402. The summed E-state index contributed by atoms with van der Waals surface area (Å²) in [5.74, 6) is -2.36. The summed E-state index contributed by atoms with van der Waals surface area (Å²) < 4.78 is 47.6. The fourth-order valence-electron chi connectivity index (χ4n) is 4.56. The first-order chi connectivity index (χ1) is 19.0. The van der Waals surface area contributed by atoms with E-state index in [4.69, 9.17) is 16.3 Å². The van der Waals surface area contributed by atoms with Gasteiger partial charge in [-0.3, -0.25) is 14.4 Å². The van der Waals surface area contributed by atoms with Crippen LogP contribution in [0.3, 0.4) is 0 Å². The fraction of sp³-hybridized carbons (Fsp3) is 0.296. The van der Waals surface area contributed by atoms with Crippen LogP contribution in [-0.2, 0) is 9.53 Å². The number of amides is 2. The molecule has 4 rings (SSSR count). The maximum atomic E-state index is 13.7. The second kappa shape index (κ2) is 12.1. The Kier molecular flexibility index (Phi) is 8.82. The molecule has 0 radical (unpaired) electrons. The molecule has 2 amide bonds. The van der Waals surface area contributed by atoms with Gasteiger partial charge in [0.05, 0.1) is 19.3 Å². The second-order valence-corrected chi connectivity index (χ2v) is 9.46. The van der Waals surface area contributed by atoms with E-state index in [0.717, 1.165) is 24.3 Å². The highest BCUT2D eigenvalue weighted by Crippen LogP contribution is 2.32. The Morgan fingerprint density at radius 2 is 1.80 bits per heavy atom. The molecule has 1 unspecified atom stereocenters. The Balaban J connectivity index is 1.65. The zero-order valence-electron chi connectivity index (χ0n) is 21.1. The fourth-order valence-corrected chi connectivity index (χ4v) is 4.68. The first kappa shape index (κ1) is 29.1. The van der Waals surface area contributed by atoms with Gasteiger partial charge in [-0.2, -0.15) is 0 Å². The third kappa shape index (κ3) is 6.46. The van der Waals surface area contributed by atoms with Crippen molar-refractivity contribution in [2.75, 3.05) is 31.8 Å². The van der Waals surface area contributed by atoms with Gasteiger partial charge in [-0.15, -0.1) is 13.2 Å². The Morgan fingerprint density at radius 3 is 2.40 bits per heavy atom. The van der Waals surface area contributed by atoms with Crippen molar-refractivity contribution in [3.05, 3.63) is 93.4 Å². The minimum Gasteiger partial charge on any atom is -0.406 e. The number of nitrogens with one attached hydrogen (secondary N) is 1. The lowest BCUT2D eigenvalue weighted by molar-refractivity contribution is -0.274. The first-order valence-corrected chi connectivity index (χ1v) is 12.4. The van der Waals surface area contributed by atoms with Gasteiger partial charge in [0, 0.05) is 36.4 Å². The molecular formula is C27H25ClF3N3O6. The molecule has 1 aliphatic heterocycles. The second-order valence-electron chi connectivity index (χ2n) is 9.03. The number of carbonyl (C=O) groups excluding carboxylic acids is 2. The molecule has 2 N–H and O–H groups in total. The van der Waals surface area contributed by atoms with E-state index >= 15 is 0 Å². The van der Waals surface area contributed by atoms with Crippen LogP contribution in [0.1, 0.15) is 27.9 Å². The van der Waals surface area contributed by atoms with Gasteiger partial charge in [0.1, 0.15) is 17.5 Å². The van der Waals surface area contributed by atoms with E-state index in [0.29, 0.717) is 10.6 Å². The molecule has 2 aromatic carbocycles. The van der Waals surface area contributed by atoms with Crippen molar-refractivity contribution in [1.29, 1.82) is 0 Å². The molecule has 13 heteroatoms. The van der Waals surface area contributed by atoms with Gasteiger partial charge in [0.15, 0.2) is 0 Å². The largest absolute Gasteiger partial charge is 0.573 e.